The molecule has 11 heteroatoms. The number of nitro groups is 1. The molecule has 2 heterocycles. The molecule has 2 aliphatic heterocycles. The number of hydrogen-bond acceptors (Lipinski definition) is 6. The van der Waals surface area contributed by atoms with Gasteiger partial charge in [-0.3, -0.25) is 14.9 Å². The van der Waals surface area contributed by atoms with Crippen LogP contribution in [-0.2, 0) is 11.2 Å². The first kappa shape index (κ1) is 25.2. The van der Waals surface area contributed by atoms with Crippen LogP contribution >= 0.6 is 0 Å². The minimum Gasteiger partial charge on any atom is -0.493 e. The monoisotopic (exact) mass is 506 g/mol. The van der Waals surface area contributed by atoms with Crippen LogP contribution in [-0.4, -0.2) is 47.7 Å². The van der Waals surface area contributed by atoms with Crippen molar-refractivity contribution in [3.63, 3.8) is 0 Å². The van der Waals surface area contributed by atoms with Gasteiger partial charge in [0.1, 0.15) is 0 Å². The number of carbonyl (C=O) groups excluding carboxylic acids is 1. The first-order chi connectivity index (χ1) is 16.8. The molecule has 0 atom stereocenters. The van der Waals surface area contributed by atoms with E-state index in [0.29, 0.717) is 23.3 Å². The number of allylic oxidation sites excluding steroid dienone is 7. The van der Waals surface area contributed by atoms with E-state index in [1.165, 1.54) is 14.2 Å². The summed E-state index contributed by atoms with van der Waals surface area (Å²) in [7, 11) is 2.84. The highest BCUT2D eigenvalue weighted by Crippen LogP contribution is 2.50. The second-order valence-electron chi connectivity index (χ2n) is 9.06. The molecule has 3 aliphatic rings. The molecule has 190 valence electrons. The molecule has 1 aliphatic carbocycles. The summed E-state index contributed by atoms with van der Waals surface area (Å²) < 4.78 is 67.0. The van der Waals surface area contributed by atoms with Crippen LogP contribution in [0.2, 0.25) is 0 Å². The topological polar surface area (TPSA) is 81.9 Å². The molecule has 1 aromatic rings. The molecule has 0 bridgehead atoms. The highest BCUT2D eigenvalue weighted by Gasteiger charge is 2.48. The summed E-state index contributed by atoms with van der Waals surface area (Å²) in [5.74, 6) is -4.54. The Morgan fingerprint density at radius 1 is 1.08 bits per heavy atom. The van der Waals surface area contributed by atoms with Gasteiger partial charge < -0.3 is 14.4 Å². The van der Waals surface area contributed by atoms with Crippen LogP contribution in [0.1, 0.15) is 25.0 Å². The molecule has 0 saturated heterocycles. The van der Waals surface area contributed by atoms with Gasteiger partial charge in [0.15, 0.2) is 17.3 Å². The van der Waals surface area contributed by atoms with E-state index in [1.54, 1.807) is 30.9 Å². The zero-order valence-corrected chi connectivity index (χ0v) is 19.8. The lowest BCUT2D eigenvalue weighted by molar-refractivity contribution is -0.419. The van der Waals surface area contributed by atoms with E-state index in [2.05, 4.69) is 0 Å². The van der Waals surface area contributed by atoms with E-state index >= 15 is 0 Å². The molecule has 4 rings (SSSR count). The van der Waals surface area contributed by atoms with Crippen molar-refractivity contribution in [1.29, 1.82) is 0 Å². The van der Waals surface area contributed by atoms with Crippen molar-refractivity contribution in [2.75, 3.05) is 14.2 Å². The molecule has 0 fully saturated rings. The standard InChI is InChI=1S/C25H22F4N2O5/c1-24(2)12-13-7-21(35-3)22(36-4)11-16(13)18-8-14(25(28,29)23(26)27)9-19(30(18)24)17-10-15(31(33)34)5-6-20(17)32/h5-11,23H,12H2,1-4H3/b19-17+. The molecule has 0 aromatic heterocycles. The minimum atomic E-state index is -4.55. The van der Waals surface area contributed by atoms with E-state index in [9.17, 15) is 32.5 Å². The van der Waals surface area contributed by atoms with Crippen molar-refractivity contribution in [3.05, 3.63) is 86.3 Å². The molecule has 0 radical (unpaired) electrons. The van der Waals surface area contributed by atoms with Crippen molar-refractivity contribution in [1.82, 2.24) is 4.90 Å². The number of carbonyl (C=O) groups is 1. The Bertz CT molecular complexity index is 1320. The number of ether oxygens (including phenoxy) is 2. The number of methoxy groups -OCH3 is 2. The third kappa shape index (κ3) is 3.98. The van der Waals surface area contributed by atoms with Crippen molar-refractivity contribution >= 4 is 11.5 Å². The van der Waals surface area contributed by atoms with E-state index in [1.807, 2.05) is 0 Å². The number of alkyl halides is 4. The van der Waals surface area contributed by atoms with Gasteiger partial charge in [-0.1, -0.05) is 0 Å². The van der Waals surface area contributed by atoms with Gasteiger partial charge in [0.25, 0.3) is 5.70 Å². The first-order valence-electron chi connectivity index (χ1n) is 10.8. The quantitative estimate of drug-likeness (QED) is 0.240. The summed E-state index contributed by atoms with van der Waals surface area (Å²) in [4.78, 5) is 25.0. The van der Waals surface area contributed by atoms with E-state index in [-0.39, 0.29) is 22.7 Å². The number of hydrogen-bond donors (Lipinski definition) is 0. The second-order valence-corrected chi connectivity index (χ2v) is 9.06. The maximum absolute atomic E-state index is 14.7. The summed E-state index contributed by atoms with van der Waals surface area (Å²) in [5, 5.41) is 11.4. The minimum absolute atomic E-state index is 0.126. The fourth-order valence-electron chi connectivity index (χ4n) is 4.64. The van der Waals surface area contributed by atoms with Crippen molar-refractivity contribution in [2.24, 2.45) is 0 Å². The predicted molar refractivity (Wildman–Crippen MR) is 122 cm³/mol. The second kappa shape index (κ2) is 8.65. The third-order valence-corrected chi connectivity index (χ3v) is 6.29. The zero-order valence-electron chi connectivity index (χ0n) is 19.8. The molecule has 0 spiro atoms. The van der Waals surface area contributed by atoms with Crippen LogP contribution in [0, 0.1) is 10.1 Å². The van der Waals surface area contributed by atoms with Gasteiger partial charge in [0.05, 0.1) is 30.4 Å². The number of halogens is 4. The fraction of sp³-hybridized carbons (Fsp3) is 0.320. The van der Waals surface area contributed by atoms with Gasteiger partial charge in [-0.15, -0.1) is 0 Å². The largest absolute Gasteiger partial charge is 0.493 e. The fourth-order valence-corrected chi connectivity index (χ4v) is 4.64. The predicted octanol–water partition coefficient (Wildman–Crippen LogP) is 5.08. The number of rotatable bonds is 5. The van der Waals surface area contributed by atoms with Crippen LogP contribution in [0.4, 0.5) is 17.6 Å². The lowest BCUT2D eigenvalue weighted by atomic mass is 9.79. The van der Waals surface area contributed by atoms with Crippen LogP contribution in [0.5, 0.6) is 11.5 Å². The summed E-state index contributed by atoms with van der Waals surface area (Å²) >= 11 is 0. The van der Waals surface area contributed by atoms with E-state index in [4.69, 9.17) is 9.47 Å². The van der Waals surface area contributed by atoms with E-state index in [0.717, 1.165) is 30.4 Å². The molecule has 36 heavy (non-hydrogen) atoms. The van der Waals surface area contributed by atoms with Crippen LogP contribution in [0.25, 0.3) is 5.70 Å². The van der Waals surface area contributed by atoms with Crippen LogP contribution in [0.15, 0.2) is 65.1 Å². The first-order valence-corrected chi connectivity index (χ1v) is 10.8. The molecule has 0 N–H and O–H groups in total. The molecule has 1 aromatic carbocycles. The van der Waals surface area contributed by atoms with Gasteiger partial charge >= 0.3 is 12.3 Å². The summed E-state index contributed by atoms with van der Waals surface area (Å²) in [6.45, 7) is 3.57. The lowest BCUT2D eigenvalue weighted by Gasteiger charge is -2.49. The average molecular weight is 506 g/mol. The summed E-state index contributed by atoms with van der Waals surface area (Å²) in [6.07, 6.45) is 1.02. The molecule has 0 amide bonds. The Labute approximate surface area is 203 Å². The number of fused-ring (bicyclic) bond motifs is 3. The maximum Gasteiger partial charge on any atom is 0.332 e. The normalized spacial score (nSPS) is 20.9. The van der Waals surface area contributed by atoms with Crippen molar-refractivity contribution in [3.8, 4) is 11.5 Å². The number of benzene rings is 1. The van der Waals surface area contributed by atoms with Crippen LogP contribution in [0.3, 0.4) is 0 Å². The maximum atomic E-state index is 14.7. The van der Waals surface area contributed by atoms with Gasteiger partial charge in [-0.2, -0.15) is 8.78 Å². The smallest absolute Gasteiger partial charge is 0.332 e. The Hall–Kier alpha value is -3.89. The van der Waals surface area contributed by atoms with Crippen molar-refractivity contribution in [2.45, 2.75) is 38.2 Å². The third-order valence-electron chi connectivity index (χ3n) is 6.29. The SMILES string of the molecule is COc1cc2c(cc1OC)C1=CC(C(F)(F)C(F)F)=C/C(=C3/C=C([N+](=O)[O-])C=CC3=O)N1C(C)(C)C2. The Morgan fingerprint density at radius 3 is 2.31 bits per heavy atom. The Balaban J connectivity index is 2.07. The zero-order chi connectivity index (χ0) is 26.6. The highest BCUT2D eigenvalue weighted by atomic mass is 19.3. The van der Waals surface area contributed by atoms with Crippen LogP contribution < -0.4 is 9.47 Å². The van der Waals surface area contributed by atoms with Gasteiger partial charge in [-0.05, 0) is 56.2 Å². The number of nitrogens with zero attached hydrogens (tertiary/aromatic N) is 2. The molecular weight excluding hydrogens is 484 g/mol. The lowest BCUT2D eigenvalue weighted by Crippen LogP contribution is -2.49. The average Bonchev–Trinajstić information content (AvgIpc) is 2.82. The summed E-state index contributed by atoms with van der Waals surface area (Å²) in [6, 6.07) is 3.23. The van der Waals surface area contributed by atoms with E-state index < -0.39 is 39.9 Å². The van der Waals surface area contributed by atoms with Gasteiger partial charge in [0, 0.05) is 34.5 Å². The number of ketones is 1. The van der Waals surface area contributed by atoms with Gasteiger partial charge in [0.2, 0.25) is 0 Å². The highest BCUT2D eigenvalue weighted by molar-refractivity contribution is 6.08. The summed E-state index contributed by atoms with van der Waals surface area (Å²) in [5.41, 5.74) is -1.49. The Kier molecular flexibility index (Phi) is 6.06. The Morgan fingerprint density at radius 2 is 1.72 bits per heavy atom. The molecule has 0 unspecified atom stereocenters. The molecular formula is C25H22F4N2O5. The molecule has 7 nitrogen and oxygen atoms in total. The van der Waals surface area contributed by atoms with Gasteiger partial charge in [-0.25, -0.2) is 8.78 Å². The van der Waals surface area contributed by atoms with Crippen molar-refractivity contribution < 1.29 is 36.8 Å². The molecule has 0 saturated carbocycles.